The van der Waals surface area contributed by atoms with Crippen LogP contribution in [0.25, 0.3) is 0 Å². The lowest BCUT2D eigenvalue weighted by molar-refractivity contribution is -0.138. The van der Waals surface area contributed by atoms with Gasteiger partial charge in [-0.25, -0.2) is 4.79 Å². The van der Waals surface area contributed by atoms with Crippen molar-refractivity contribution >= 4 is 11.7 Å². The van der Waals surface area contributed by atoms with Crippen LogP contribution in [0.2, 0.25) is 0 Å². The number of carboxylic acids is 1. The van der Waals surface area contributed by atoms with E-state index in [1.807, 2.05) is 23.1 Å². The van der Waals surface area contributed by atoms with E-state index in [2.05, 4.69) is 0 Å². The topological polar surface area (TPSA) is 49.8 Å². The molecule has 2 rings (SSSR count). The van der Waals surface area contributed by atoms with Crippen LogP contribution in [-0.2, 0) is 11.2 Å². The van der Waals surface area contributed by atoms with Gasteiger partial charge in [0.15, 0.2) is 0 Å². The highest BCUT2D eigenvalue weighted by molar-refractivity contribution is 5.79. The van der Waals surface area contributed by atoms with Crippen LogP contribution in [0, 0.1) is 0 Å². The summed E-state index contributed by atoms with van der Waals surface area (Å²) in [5.41, 5.74) is 2.09. The Kier molecular flexibility index (Phi) is 2.73. The fourth-order valence-corrected chi connectivity index (χ4v) is 2.15. The first-order valence-electron chi connectivity index (χ1n) is 5.30. The lowest BCUT2D eigenvalue weighted by atomic mass is 10.1. The Bertz CT molecular complexity index is 417. The minimum atomic E-state index is -0.796. The number of nitrogens with zero attached hydrogens (tertiary/aromatic N) is 1. The molecule has 1 heterocycles. The van der Waals surface area contributed by atoms with Gasteiger partial charge in [0, 0.05) is 17.8 Å². The molecule has 0 fully saturated rings. The van der Waals surface area contributed by atoms with E-state index in [4.69, 9.17) is 9.84 Å². The summed E-state index contributed by atoms with van der Waals surface area (Å²) in [4.78, 5) is 12.9. The highest BCUT2D eigenvalue weighted by Gasteiger charge is 2.28. The number of ether oxygens (including phenoxy) is 1. The molecule has 16 heavy (non-hydrogen) atoms. The van der Waals surface area contributed by atoms with Crippen LogP contribution >= 0.6 is 0 Å². The van der Waals surface area contributed by atoms with Gasteiger partial charge in [-0.15, -0.1) is 0 Å². The van der Waals surface area contributed by atoms with Crippen LogP contribution in [0.1, 0.15) is 12.5 Å². The van der Waals surface area contributed by atoms with Crippen LogP contribution in [0.15, 0.2) is 18.2 Å². The normalized spacial score (nSPS) is 15.8. The molecule has 1 aromatic carbocycles. The van der Waals surface area contributed by atoms with Crippen molar-refractivity contribution in [3.05, 3.63) is 23.8 Å². The van der Waals surface area contributed by atoms with Crippen molar-refractivity contribution in [3.63, 3.8) is 0 Å². The van der Waals surface area contributed by atoms with Gasteiger partial charge < -0.3 is 14.7 Å². The van der Waals surface area contributed by atoms with Gasteiger partial charge in [-0.2, -0.15) is 0 Å². The fourth-order valence-electron chi connectivity index (χ4n) is 2.15. The van der Waals surface area contributed by atoms with E-state index in [-0.39, 0.29) is 0 Å². The first-order valence-corrected chi connectivity index (χ1v) is 5.30. The molecule has 0 aliphatic carbocycles. The number of hydrogen-bond acceptors (Lipinski definition) is 3. The zero-order valence-corrected chi connectivity index (χ0v) is 9.43. The predicted molar refractivity (Wildman–Crippen MR) is 61.1 cm³/mol. The molecule has 0 amide bonds. The fraction of sp³-hybridized carbons (Fsp3) is 0.417. The number of carbonyl (C=O) groups is 1. The molecule has 0 saturated heterocycles. The Morgan fingerprint density at radius 1 is 1.56 bits per heavy atom. The molecular weight excluding hydrogens is 206 g/mol. The van der Waals surface area contributed by atoms with Gasteiger partial charge in [0.2, 0.25) is 0 Å². The lowest BCUT2D eigenvalue weighted by Gasteiger charge is -2.23. The summed E-state index contributed by atoms with van der Waals surface area (Å²) in [6, 6.07) is 5.26. The van der Waals surface area contributed by atoms with Crippen molar-refractivity contribution in [2.75, 3.05) is 18.6 Å². The second-order valence-electron chi connectivity index (χ2n) is 3.92. The zero-order chi connectivity index (χ0) is 11.7. The Morgan fingerprint density at radius 3 is 2.94 bits per heavy atom. The van der Waals surface area contributed by atoms with Crippen LogP contribution in [0.4, 0.5) is 5.69 Å². The standard InChI is InChI=1S/C12H15NO3/c1-8(12(14)15)13-7-6-9-10(13)4-3-5-11(9)16-2/h3-5,8H,6-7H2,1-2H3,(H,14,15)/t8-/m0/s1. The van der Waals surface area contributed by atoms with E-state index in [0.29, 0.717) is 0 Å². The average molecular weight is 221 g/mol. The Morgan fingerprint density at radius 2 is 2.31 bits per heavy atom. The Balaban J connectivity index is 2.37. The number of benzene rings is 1. The number of aliphatic carboxylic acids is 1. The van der Waals surface area contributed by atoms with Crippen molar-refractivity contribution in [1.29, 1.82) is 0 Å². The summed E-state index contributed by atoms with van der Waals surface area (Å²) in [6.07, 6.45) is 0.844. The van der Waals surface area contributed by atoms with Crippen LogP contribution < -0.4 is 9.64 Å². The van der Waals surface area contributed by atoms with E-state index in [9.17, 15) is 4.79 Å². The van der Waals surface area contributed by atoms with Crippen LogP contribution in [-0.4, -0.2) is 30.8 Å². The molecule has 0 unspecified atom stereocenters. The van der Waals surface area contributed by atoms with Gasteiger partial charge in [-0.3, -0.25) is 0 Å². The van der Waals surface area contributed by atoms with Gasteiger partial charge >= 0.3 is 5.97 Å². The van der Waals surface area contributed by atoms with E-state index < -0.39 is 12.0 Å². The van der Waals surface area contributed by atoms with Gasteiger partial charge in [0.1, 0.15) is 11.8 Å². The molecule has 0 radical (unpaired) electrons. The van der Waals surface area contributed by atoms with Crippen molar-refractivity contribution < 1.29 is 14.6 Å². The number of anilines is 1. The molecule has 4 heteroatoms. The molecule has 1 N–H and O–H groups in total. The molecule has 1 aliphatic heterocycles. The highest BCUT2D eigenvalue weighted by atomic mass is 16.5. The summed E-state index contributed by atoms with van der Waals surface area (Å²) in [6.45, 7) is 2.44. The molecule has 0 bridgehead atoms. The minimum absolute atomic E-state index is 0.492. The molecule has 1 atom stereocenters. The third-order valence-electron chi connectivity index (χ3n) is 3.07. The summed E-state index contributed by atoms with van der Waals surface area (Å²) < 4.78 is 5.27. The molecule has 1 aromatic rings. The smallest absolute Gasteiger partial charge is 0.326 e. The van der Waals surface area contributed by atoms with E-state index in [1.54, 1.807) is 14.0 Å². The number of methoxy groups -OCH3 is 1. The maximum atomic E-state index is 11.0. The summed E-state index contributed by atoms with van der Waals surface area (Å²) >= 11 is 0. The number of carboxylic acid groups (broad SMARTS) is 1. The number of hydrogen-bond donors (Lipinski definition) is 1. The first-order chi connectivity index (χ1) is 7.65. The van der Waals surface area contributed by atoms with Gasteiger partial charge in [-0.05, 0) is 25.5 Å². The first kappa shape index (κ1) is 10.8. The molecule has 1 aliphatic rings. The SMILES string of the molecule is COc1cccc2c1CCN2[C@@H](C)C(=O)O. The second-order valence-corrected chi connectivity index (χ2v) is 3.92. The molecule has 0 aromatic heterocycles. The maximum Gasteiger partial charge on any atom is 0.326 e. The zero-order valence-electron chi connectivity index (χ0n) is 9.43. The Labute approximate surface area is 94.4 Å². The number of fused-ring (bicyclic) bond motifs is 1. The van der Waals surface area contributed by atoms with Crippen molar-refractivity contribution in [3.8, 4) is 5.75 Å². The number of rotatable bonds is 3. The van der Waals surface area contributed by atoms with Crippen molar-refractivity contribution in [2.24, 2.45) is 0 Å². The molecule has 0 saturated carbocycles. The van der Waals surface area contributed by atoms with Crippen LogP contribution in [0.5, 0.6) is 5.75 Å². The van der Waals surface area contributed by atoms with E-state index in [0.717, 1.165) is 30.0 Å². The third-order valence-corrected chi connectivity index (χ3v) is 3.07. The largest absolute Gasteiger partial charge is 0.496 e. The predicted octanol–water partition coefficient (Wildman–Crippen LogP) is 1.53. The summed E-state index contributed by atoms with van der Waals surface area (Å²) in [7, 11) is 1.64. The second kappa shape index (κ2) is 4.04. The quantitative estimate of drug-likeness (QED) is 0.841. The highest BCUT2D eigenvalue weighted by Crippen LogP contribution is 2.35. The van der Waals surface area contributed by atoms with Crippen LogP contribution in [0.3, 0.4) is 0 Å². The van der Waals surface area contributed by atoms with Gasteiger partial charge in [0.25, 0.3) is 0 Å². The maximum absolute atomic E-state index is 11.0. The Hall–Kier alpha value is -1.71. The lowest BCUT2D eigenvalue weighted by Crippen LogP contribution is -2.37. The molecular formula is C12H15NO3. The van der Waals surface area contributed by atoms with Crippen molar-refractivity contribution in [1.82, 2.24) is 0 Å². The molecule has 0 spiro atoms. The van der Waals surface area contributed by atoms with Gasteiger partial charge in [-0.1, -0.05) is 6.07 Å². The third kappa shape index (κ3) is 1.60. The molecule has 4 nitrogen and oxygen atoms in total. The minimum Gasteiger partial charge on any atom is -0.496 e. The van der Waals surface area contributed by atoms with Gasteiger partial charge in [0.05, 0.1) is 7.11 Å². The van der Waals surface area contributed by atoms with Crippen molar-refractivity contribution in [2.45, 2.75) is 19.4 Å². The molecule has 86 valence electrons. The monoisotopic (exact) mass is 221 g/mol. The van der Waals surface area contributed by atoms with E-state index >= 15 is 0 Å². The summed E-state index contributed by atoms with van der Waals surface area (Å²) in [5.74, 6) is 0.0493. The van der Waals surface area contributed by atoms with E-state index in [1.165, 1.54) is 0 Å². The summed E-state index contributed by atoms with van der Waals surface area (Å²) in [5, 5.41) is 9.02. The average Bonchev–Trinajstić information content (AvgIpc) is 2.71.